The Bertz CT molecular complexity index is 4860. The summed E-state index contributed by atoms with van der Waals surface area (Å²) in [5.41, 5.74) is 1.85. The van der Waals surface area contributed by atoms with Gasteiger partial charge in [-0.15, -0.1) is 0 Å². The van der Waals surface area contributed by atoms with Crippen molar-refractivity contribution < 1.29 is 52.7 Å². The number of nitriles is 1. The highest BCUT2D eigenvalue weighted by molar-refractivity contribution is 6.12. The molecule has 0 unspecified atom stereocenters. The molecule has 0 bridgehead atoms. The predicted molar refractivity (Wildman–Crippen MR) is 355 cm³/mol. The molecular formula is C78H64F12N6. The Labute approximate surface area is 546 Å². The van der Waals surface area contributed by atoms with E-state index in [4.69, 9.17) is 15.0 Å². The van der Waals surface area contributed by atoms with Crippen molar-refractivity contribution in [1.29, 1.82) is 5.26 Å². The molecule has 0 aliphatic carbocycles. The van der Waals surface area contributed by atoms with Crippen LogP contribution in [0.2, 0.25) is 0 Å². The van der Waals surface area contributed by atoms with E-state index in [1.54, 1.807) is 60.7 Å². The van der Waals surface area contributed by atoms with E-state index in [1.807, 2.05) is 24.3 Å². The van der Waals surface area contributed by atoms with E-state index in [0.29, 0.717) is 33.4 Å². The third kappa shape index (κ3) is 12.5. The number of halogens is 12. The number of benzene rings is 9. The topological polar surface area (TPSA) is 72.3 Å². The summed E-state index contributed by atoms with van der Waals surface area (Å²) in [4.78, 5) is 15.9. The van der Waals surface area contributed by atoms with Crippen LogP contribution >= 0.6 is 0 Å². The molecule has 0 atom stereocenters. The molecule has 490 valence electrons. The van der Waals surface area contributed by atoms with Gasteiger partial charge in [-0.05, 0) is 195 Å². The van der Waals surface area contributed by atoms with Gasteiger partial charge in [-0.25, -0.2) is 15.0 Å². The molecule has 0 saturated carbocycles. The second-order valence-corrected chi connectivity index (χ2v) is 28.6. The van der Waals surface area contributed by atoms with Gasteiger partial charge in [0.1, 0.15) is 0 Å². The van der Waals surface area contributed by atoms with Gasteiger partial charge in [0, 0.05) is 49.4 Å². The molecule has 9 aromatic carbocycles. The van der Waals surface area contributed by atoms with Gasteiger partial charge < -0.3 is 9.13 Å². The van der Waals surface area contributed by atoms with Crippen LogP contribution in [0.5, 0.6) is 0 Å². The summed E-state index contributed by atoms with van der Waals surface area (Å²) in [7, 11) is 0. The van der Waals surface area contributed by atoms with E-state index in [2.05, 4.69) is 101 Å². The van der Waals surface area contributed by atoms with Gasteiger partial charge >= 0.3 is 24.7 Å². The molecule has 96 heavy (non-hydrogen) atoms. The number of fused-ring (bicyclic) bond motifs is 6. The average molecular weight is 1310 g/mol. The Morgan fingerprint density at radius 2 is 0.552 bits per heavy atom. The van der Waals surface area contributed by atoms with Gasteiger partial charge in [0.15, 0.2) is 17.5 Å². The molecule has 18 heteroatoms. The number of hydrogen-bond donors (Lipinski definition) is 0. The maximum Gasteiger partial charge on any atom is 0.416 e. The van der Waals surface area contributed by atoms with Gasteiger partial charge in [-0.3, -0.25) is 0 Å². The SMILES string of the molecule is CC(C)(C)c1cc(-c2nc(-c3cc(C(C)(C)C)cc(C(C)(C)C)c3)nc(-c3ccc(-n4c5ccc(C(F)(F)F)cc5c5cc(C(F)(F)F)ccc54)c(-c4cc(-c5ccc(C#N)cc5)ccc4-n4c5ccc(C(F)(F)F)cc5c5cc(C(F)(F)F)ccc54)c3)n2)cc(C(C)(C)C)c1. The van der Waals surface area contributed by atoms with Crippen LogP contribution in [0.1, 0.15) is 133 Å². The first kappa shape index (κ1) is 66.3. The number of aromatic nitrogens is 5. The molecule has 3 aromatic heterocycles. The molecule has 0 aliphatic heterocycles. The lowest BCUT2D eigenvalue weighted by Gasteiger charge is -2.26. The summed E-state index contributed by atoms with van der Waals surface area (Å²) in [6.07, 6.45) is -19.7. The minimum Gasteiger partial charge on any atom is -0.309 e. The summed E-state index contributed by atoms with van der Waals surface area (Å²) >= 11 is 0. The molecule has 6 nitrogen and oxygen atoms in total. The Hall–Kier alpha value is -9.76. The molecule has 0 aliphatic rings. The predicted octanol–water partition coefficient (Wildman–Crippen LogP) is 23.5. The highest BCUT2D eigenvalue weighted by Gasteiger charge is 2.37. The first-order valence-electron chi connectivity index (χ1n) is 30.9. The lowest BCUT2D eigenvalue weighted by Crippen LogP contribution is -2.17. The Balaban J connectivity index is 1.26. The van der Waals surface area contributed by atoms with Crippen molar-refractivity contribution in [3.63, 3.8) is 0 Å². The Morgan fingerprint density at radius 1 is 0.281 bits per heavy atom. The van der Waals surface area contributed by atoms with Crippen LogP contribution in [0, 0.1) is 11.3 Å². The highest BCUT2D eigenvalue weighted by atomic mass is 19.4. The van der Waals surface area contributed by atoms with Crippen LogP contribution in [0.15, 0.2) is 170 Å². The van der Waals surface area contributed by atoms with E-state index in [9.17, 15) is 57.9 Å². The Morgan fingerprint density at radius 3 is 0.833 bits per heavy atom. The molecule has 0 saturated heterocycles. The van der Waals surface area contributed by atoms with E-state index < -0.39 is 47.0 Å². The first-order valence-corrected chi connectivity index (χ1v) is 30.9. The number of rotatable bonds is 7. The van der Waals surface area contributed by atoms with Gasteiger partial charge in [-0.2, -0.15) is 57.9 Å². The van der Waals surface area contributed by atoms with Gasteiger partial charge in [0.2, 0.25) is 0 Å². The summed E-state index contributed by atoms with van der Waals surface area (Å²) in [6, 6.07) is 42.3. The summed E-state index contributed by atoms with van der Waals surface area (Å²) in [5, 5.41) is 9.10. The lowest BCUT2D eigenvalue weighted by molar-refractivity contribution is -0.138. The maximum absolute atomic E-state index is 14.8. The van der Waals surface area contributed by atoms with Crippen LogP contribution in [0.3, 0.4) is 0 Å². The molecule has 12 aromatic rings. The molecule has 0 amide bonds. The third-order valence-electron chi connectivity index (χ3n) is 17.7. The van der Waals surface area contributed by atoms with E-state index in [-0.39, 0.29) is 105 Å². The fraction of sp³-hybridized carbons (Fsp3) is 0.256. The summed E-state index contributed by atoms with van der Waals surface area (Å²) in [5.74, 6) is 0.682. The van der Waals surface area contributed by atoms with Crippen LogP contribution in [-0.4, -0.2) is 24.1 Å². The minimum atomic E-state index is -4.94. The van der Waals surface area contributed by atoms with Crippen LogP contribution < -0.4 is 0 Å². The Kier molecular flexibility index (Phi) is 15.7. The molecule has 0 radical (unpaired) electrons. The fourth-order valence-electron chi connectivity index (χ4n) is 12.2. The van der Waals surface area contributed by atoms with Crippen molar-refractivity contribution in [1.82, 2.24) is 24.1 Å². The van der Waals surface area contributed by atoms with Gasteiger partial charge in [0.05, 0.1) is 67.3 Å². The largest absolute Gasteiger partial charge is 0.416 e. The van der Waals surface area contributed by atoms with E-state index in [1.165, 1.54) is 21.3 Å². The highest BCUT2D eigenvalue weighted by Crippen LogP contribution is 2.48. The first-order chi connectivity index (χ1) is 44.5. The number of nitrogens with zero attached hydrogens (tertiary/aromatic N) is 6. The smallest absolute Gasteiger partial charge is 0.309 e. The molecule has 12 rings (SSSR count). The zero-order valence-corrected chi connectivity index (χ0v) is 54.4. The van der Waals surface area contributed by atoms with Crippen LogP contribution in [-0.2, 0) is 46.4 Å². The van der Waals surface area contributed by atoms with Crippen molar-refractivity contribution in [2.24, 2.45) is 0 Å². The van der Waals surface area contributed by atoms with Crippen molar-refractivity contribution in [3.8, 4) is 73.9 Å². The molecular weight excluding hydrogens is 1250 g/mol. The summed E-state index contributed by atoms with van der Waals surface area (Å²) < 4.78 is 181. The normalized spacial score (nSPS) is 13.2. The third-order valence-corrected chi connectivity index (χ3v) is 17.7. The van der Waals surface area contributed by atoms with Crippen molar-refractivity contribution in [2.75, 3.05) is 0 Å². The van der Waals surface area contributed by atoms with Crippen LogP contribution in [0.4, 0.5) is 52.7 Å². The molecule has 0 fully saturated rings. The molecule has 3 heterocycles. The van der Waals surface area contributed by atoms with Crippen molar-refractivity contribution in [2.45, 2.75) is 129 Å². The zero-order valence-electron chi connectivity index (χ0n) is 54.4. The molecule has 0 spiro atoms. The number of hydrogen-bond acceptors (Lipinski definition) is 4. The second kappa shape index (κ2) is 22.7. The average Bonchev–Trinajstić information content (AvgIpc) is 1.54. The van der Waals surface area contributed by atoms with E-state index in [0.717, 1.165) is 82.9 Å². The van der Waals surface area contributed by atoms with Crippen molar-refractivity contribution >= 4 is 43.6 Å². The lowest BCUT2D eigenvalue weighted by atomic mass is 9.79. The van der Waals surface area contributed by atoms with Crippen LogP contribution in [0.25, 0.3) is 111 Å². The monoisotopic (exact) mass is 1310 g/mol. The summed E-state index contributed by atoms with van der Waals surface area (Å²) in [6.45, 7) is 25.2. The number of alkyl halides is 12. The standard InChI is InChI=1S/C78H64F12N6/c1-71(2,3)52-29-46(30-53(35-52)72(4,5)6)69-92-68(93-70(94-69)47-31-54(73(7,8)9)36-55(32-47)74(10,11)12)45-18-24-63(96-66-27-21-50(77(85,86)87)39-60(66)61-40-51(78(88,89)90)22-28-67(61)96)57(34-45)56-33-44(43-15-13-42(41-91)14-16-43)17-23-62(56)95-64-25-19-48(75(79,80)81)37-58(64)59-38-49(76(82,83)84)20-26-65(59)95/h13-40H,1-12H3. The molecule has 0 N–H and O–H groups in total. The maximum atomic E-state index is 14.8. The fourth-order valence-corrected chi connectivity index (χ4v) is 12.2. The van der Waals surface area contributed by atoms with Gasteiger partial charge in [-0.1, -0.05) is 113 Å². The van der Waals surface area contributed by atoms with Gasteiger partial charge in [0.25, 0.3) is 0 Å². The van der Waals surface area contributed by atoms with E-state index >= 15 is 0 Å². The quantitative estimate of drug-likeness (QED) is 0.149. The zero-order chi connectivity index (χ0) is 69.5. The minimum absolute atomic E-state index is 0.0406. The second-order valence-electron chi connectivity index (χ2n) is 28.6. The van der Waals surface area contributed by atoms with Crippen molar-refractivity contribution in [3.05, 3.63) is 220 Å².